The van der Waals surface area contributed by atoms with Crippen LogP contribution in [0.1, 0.15) is 31.7 Å². The summed E-state index contributed by atoms with van der Waals surface area (Å²) < 4.78 is 31.3. The molecular formula is C23H29N3O5S. The summed E-state index contributed by atoms with van der Waals surface area (Å²) in [6, 6.07) is 11.9. The molecule has 0 atom stereocenters. The highest BCUT2D eigenvalue weighted by atomic mass is 32.2. The van der Waals surface area contributed by atoms with Crippen molar-refractivity contribution in [2.45, 2.75) is 33.1 Å². The van der Waals surface area contributed by atoms with Gasteiger partial charge in [0.2, 0.25) is 21.8 Å². The minimum Gasteiger partial charge on any atom is -0.494 e. The molecule has 1 aliphatic rings. The lowest BCUT2D eigenvalue weighted by molar-refractivity contribution is -0.117. The molecule has 1 saturated heterocycles. The number of amides is 2. The molecule has 1 aliphatic heterocycles. The van der Waals surface area contributed by atoms with Gasteiger partial charge in [-0.05, 0) is 61.7 Å². The van der Waals surface area contributed by atoms with Gasteiger partial charge in [0.15, 0.2) is 0 Å². The fourth-order valence-corrected chi connectivity index (χ4v) is 4.40. The number of sulfonamides is 1. The number of hydrogen-bond acceptors (Lipinski definition) is 5. The zero-order valence-electron chi connectivity index (χ0n) is 18.6. The van der Waals surface area contributed by atoms with E-state index in [9.17, 15) is 18.0 Å². The summed E-state index contributed by atoms with van der Waals surface area (Å²) in [6.07, 6.45) is 3.25. The predicted molar refractivity (Wildman–Crippen MR) is 126 cm³/mol. The molecule has 2 amide bonds. The summed E-state index contributed by atoms with van der Waals surface area (Å²) in [6.45, 7) is 4.75. The van der Waals surface area contributed by atoms with E-state index in [0.29, 0.717) is 36.7 Å². The summed E-state index contributed by atoms with van der Waals surface area (Å²) in [5.74, 6) is 0.215. The molecule has 9 heteroatoms. The molecular weight excluding hydrogens is 430 g/mol. The van der Waals surface area contributed by atoms with E-state index < -0.39 is 15.9 Å². The van der Waals surface area contributed by atoms with Crippen molar-refractivity contribution in [3.63, 3.8) is 0 Å². The lowest BCUT2D eigenvalue weighted by Gasteiger charge is -2.23. The second-order valence-electron chi connectivity index (χ2n) is 7.81. The van der Waals surface area contributed by atoms with Crippen molar-refractivity contribution in [1.29, 1.82) is 0 Å². The van der Waals surface area contributed by atoms with Gasteiger partial charge in [-0.3, -0.25) is 13.9 Å². The van der Waals surface area contributed by atoms with Crippen LogP contribution < -0.4 is 19.3 Å². The molecule has 1 heterocycles. The number of nitrogens with zero attached hydrogens (tertiary/aromatic N) is 2. The van der Waals surface area contributed by atoms with Crippen molar-refractivity contribution >= 4 is 38.9 Å². The highest BCUT2D eigenvalue weighted by Gasteiger charge is 2.24. The Morgan fingerprint density at radius 3 is 2.50 bits per heavy atom. The highest BCUT2D eigenvalue weighted by molar-refractivity contribution is 7.92. The Balaban J connectivity index is 1.74. The molecule has 0 unspecified atom stereocenters. The molecule has 3 rings (SSSR count). The van der Waals surface area contributed by atoms with Crippen LogP contribution >= 0.6 is 0 Å². The molecule has 2 aromatic carbocycles. The molecule has 0 saturated carbocycles. The Morgan fingerprint density at radius 1 is 1.19 bits per heavy atom. The first-order valence-electron chi connectivity index (χ1n) is 10.6. The molecule has 1 fully saturated rings. The Kier molecular flexibility index (Phi) is 7.40. The summed E-state index contributed by atoms with van der Waals surface area (Å²) >= 11 is 0. The predicted octanol–water partition coefficient (Wildman–Crippen LogP) is 3.32. The van der Waals surface area contributed by atoms with Gasteiger partial charge in [0.25, 0.3) is 0 Å². The molecule has 0 spiro atoms. The first kappa shape index (κ1) is 23.6. The topological polar surface area (TPSA) is 96.0 Å². The van der Waals surface area contributed by atoms with Gasteiger partial charge in [0.1, 0.15) is 12.3 Å². The summed E-state index contributed by atoms with van der Waals surface area (Å²) in [4.78, 5) is 26.5. The van der Waals surface area contributed by atoms with Crippen LogP contribution in [0.4, 0.5) is 17.1 Å². The highest BCUT2D eigenvalue weighted by Crippen LogP contribution is 2.28. The van der Waals surface area contributed by atoms with Crippen LogP contribution in [0.15, 0.2) is 42.5 Å². The summed E-state index contributed by atoms with van der Waals surface area (Å²) in [5, 5.41) is 2.75. The van der Waals surface area contributed by atoms with Crippen LogP contribution in [0.3, 0.4) is 0 Å². The van der Waals surface area contributed by atoms with Gasteiger partial charge in [-0.25, -0.2) is 8.42 Å². The van der Waals surface area contributed by atoms with Crippen LogP contribution in [0, 0.1) is 6.92 Å². The average Bonchev–Trinajstić information content (AvgIpc) is 3.17. The van der Waals surface area contributed by atoms with Crippen LogP contribution in [0.5, 0.6) is 5.75 Å². The Labute approximate surface area is 189 Å². The Morgan fingerprint density at radius 2 is 1.91 bits per heavy atom. The van der Waals surface area contributed by atoms with Gasteiger partial charge in [0.05, 0.1) is 18.6 Å². The monoisotopic (exact) mass is 459 g/mol. The van der Waals surface area contributed by atoms with Gasteiger partial charge in [-0.2, -0.15) is 0 Å². The molecule has 0 radical (unpaired) electrons. The van der Waals surface area contributed by atoms with Crippen molar-refractivity contribution in [2.75, 3.05) is 40.5 Å². The third kappa shape index (κ3) is 5.79. The number of benzene rings is 2. The third-order valence-electron chi connectivity index (χ3n) is 5.14. The van der Waals surface area contributed by atoms with Crippen LogP contribution in [-0.2, 0) is 19.6 Å². The molecule has 8 nitrogen and oxygen atoms in total. The zero-order chi connectivity index (χ0) is 23.3. The zero-order valence-corrected chi connectivity index (χ0v) is 19.4. The SMILES string of the molecule is CCCOc1ccc(N(CC(=O)Nc2ccc(C)c(N3CCCC3=O)c2)S(C)(=O)=O)cc1. The fourth-order valence-electron chi connectivity index (χ4n) is 3.54. The van der Waals surface area contributed by atoms with Crippen LogP contribution in [0.25, 0.3) is 0 Å². The number of carbonyl (C=O) groups excluding carboxylic acids is 2. The lowest BCUT2D eigenvalue weighted by Crippen LogP contribution is -2.37. The van der Waals surface area contributed by atoms with Crippen molar-refractivity contribution in [3.05, 3.63) is 48.0 Å². The Hall–Kier alpha value is -3.07. The molecule has 0 bridgehead atoms. The van der Waals surface area contributed by atoms with E-state index in [1.807, 2.05) is 19.9 Å². The van der Waals surface area contributed by atoms with Gasteiger partial charge >= 0.3 is 0 Å². The Bertz CT molecular complexity index is 1080. The summed E-state index contributed by atoms with van der Waals surface area (Å²) in [7, 11) is -3.69. The minimum atomic E-state index is -3.69. The standard InChI is InChI=1S/C23H29N3O5S/c1-4-14-31-20-11-9-19(10-12-20)26(32(3,29)30)16-22(27)24-18-8-7-17(2)21(15-18)25-13-5-6-23(25)28/h7-12,15H,4-6,13-14,16H2,1-3H3,(H,24,27). The van der Waals surface area contributed by atoms with Gasteiger partial charge in [0, 0.05) is 24.3 Å². The number of anilines is 3. The van der Waals surface area contributed by atoms with Crippen LogP contribution in [0.2, 0.25) is 0 Å². The second kappa shape index (κ2) is 10.0. The number of ether oxygens (including phenoxy) is 1. The third-order valence-corrected chi connectivity index (χ3v) is 6.28. The van der Waals surface area contributed by atoms with E-state index in [2.05, 4.69) is 5.32 Å². The molecule has 0 aromatic heterocycles. The van der Waals surface area contributed by atoms with E-state index in [4.69, 9.17) is 4.74 Å². The second-order valence-corrected chi connectivity index (χ2v) is 9.72. The van der Waals surface area contributed by atoms with Crippen LogP contribution in [-0.4, -0.2) is 46.2 Å². The van der Waals surface area contributed by atoms with E-state index in [0.717, 1.165) is 34.7 Å². The number of carbonyl (C=O) groups is 2. The van der Waals surface area contributed by atoms with E-state index >= 15 is 0 Å². The fraction of sp³-hybridized carbons (Fsp3) is 0.391. The minimum absolute atomic E-state index is 0.0613. The molecule has 172 valence electrons. The number of hydrogen-bond donors (Lipinski definition) is 1. The lowest BCUT2D eigenvalue weighted by atomic mass is 10.1. The maximum absolute atomic E-state index is 12.7. The van der Waals surface area contributed by atoms with Gasteiger partial charge in [-0.1, -0.05) is 13.0 Å². The van der Waals surface area contributed by atoms with Crippen molar-refractivity contribution < 1.29 is 22.7 Å². The molecule has 0 aliphatic carbocycles. The average molecular weight is 460 g/mol. The normalized spacial score (nSPS) is 13.8. The molecule has 2 aromatic rings. The van der Waals surface area contributed by atoms with E-state index in [-0.39, 0.29) is 12.5 Å². The molecule has 1 N–H and O–H groups in total. The van der Waals surface area contributed by atoms with E-state index in [1.165, 1.54) is 0 Å². The largest absolute Gasteiger partial charge is 0.494 e. The van der Waals surface area contributed by atoms with Gasteiger partial charge < -0.3 is 15.0 Å². The number of aryl methyl sites for hydroxylation is 1. The van der Waals surface area contributed by atoms with Crippen molar-refractivity contribution in [3.8, 4) is 5.75 Å². The smallest absolute Gasteiger partial charge is 0.245 e. The quantitative estimate of drug-likeness (QED) is 0.621. The number of rotatable bonds is 9. The van der Waals surface area contributed by atoms with E-state index in [1.54, 1.807) is 41.3 Å². The first-order chi connectivity index (χ1) is 15.2. The first-order valence-corrected chi connectivity index (χ1v) is 12.5. The van der Waals surface area contributed by atoms with Crippen molar-refractivity contribution in [1.82, 2.24) is 0 Å². The number of nitrogens with one attached hydrogen (secondary N) is 1. The maximum Gasteiger partial charge on any atom is 0.245 e. The summed E-state index contributed by atoms with van der Waals surface area (Å²) in [5.41, 5.74) is 2.57. The maximum atomic E-state index is 12.7. The van der Waals surface area contributed by atoms with Gasteiger partial charge in [-0.15, -0.1) is 0 Å². The van der Waals surface area contributed by atoms with Crippen molar-refractivity contribution in [2.24, 2.45) is 0 Å². The molecule has 32 heavy (non-hydrogen) atoms.